The van der Waals surface area contributed by atoms with Gasteiger partial charge in [-0.15, -0.1) is 11.3 Å². The van der Waals surface area contributed by atoms with E-state index in [1.54, 1.807) is 13.1 Å². The minimum Gasteiger partial charge on any atom is -0.287 e. The van der Waals surface area contributed by atoms with Crippen LogP contribution in [-0.4, -0.2) is 19.6 Å². The van der Waals surface area contributed by atoms with Crippen molar-refractivity contribution in [3.63, 3.8) is 0 Å². The maximum absolute atomic E-state index is 12.3. The third-order valence-electron chi connectivity index (χ3n) is 3.16. The number of thiophene rings is 1. The van der Waals surface area contributed by atoms with Crippen LogP contribution in [-0.2, 0) is 13.6 Å². The highest BCUT2D eigenvalue weighted by molar-refractivity contribution is 7.85. The number of hydrogen-bond donors (Lipinski definition) is 2. The molecular formula is C12H16N2O2S3. The first-order valence-corrected chi connectivity index (χ1v) is 7.83. The topological polar surface area (TPSA) is 44.0 Å². The van der Waals surface area contributed by atoms with Crippen LogP contribution in [0.4, 0.5) is 0 Å². The molecule has 0 saturated heterocycles. The first-order chi connectivity index (χ1) is 8.87. The molecule has 0 amide bonds. The van der Waals surface area contributed by atoms with E-state index in [0.717, 1.165) is 0 Å². The fourth-order valence-corrected chi connectivity index (χ4v) is 2.96. The van der Waals surface area contributed by atoms with Crippen LogP contribution in [0, 0.1) is 0 Å². The van der Waals surface area contributed by atoms with E-state index in [4.69, 9.17) is 0 Å². The highest BCUT2D eigenvalue weighted by Gasteiger charge is 2.19. The van der Waals surface area contributed by atoms with Crippen LogP contribution in [0.2, 0.25) is 0 Å². The number of aromatic nitrogens is 2. The number of fused-ring (bicyclic) bond motifs is 1. The molecule has 104 valence electrons. The molecule has 2 heterocycles. The van der Waals surface area contributed by atoms with Gasteiger partial charge < -0.3 is 0 Å². The molecule has 0 bridgehead atoms. The summed E-state index contributed by atoms with van der Waals surface area (Å²) >= 11 is 10.1. The Morgan fingerprint density at radius 1 is 1.42 bits per heavy atom. The van der Waals surface area contributed by atoms with Gasteiger partial charge in [0.05, 0.1) is 5.39 Å². The van der Waals surface area contributed by atoms with Crippen molar-refractivity contribution in [2.45, 2.75) is 24.6 Å². The van der Waals surface area contributed by atoms with Gasteiger partial charge in [-0.3, -0.25) is 13.9 Å². The molecular weight excluding hydrogens is 300 g/mol. The molecule has 0 aliphatic rings. The van der Waals surface area contributed by atoms with Crippen molar-refractivity contribution in [2.24, 2.45) is 7.05 Å². The molecule has 0 spiro atoms. The molecule has 0 unspecified atom stereocenters. The average molecular weight is 316 g/mol. The SMILES string of the molecule is Cn1c(=O)n(CC[C@@](C)(S)CS)c(=O)c2ccsc21. The molecule has 0 aromatic carbocycles. The Bertz CT molecular complexity index is 712. The van der Waals surface area contributed by atoms with Gasteiger partial charge >= 0.3 is 5.69 Å². The van der Waals surface area contributed by atoms with Crippen LogP contribution in [0.5, 0.6) is 0 Å². The summed E-state index contributed by atoms with van der Waals surface area (Å²) in [6.07, 6.45) is 0.615. The fourth-order valence-electron chi connectivity index (χ4n) is 1.85. The van der Waals surface area contributed by atoms with Gasteiger partial charge in [-0.05, 0) is 24.8 Å². The molecule has 0 fully saturated rings. The van der Waals surface area contributed by atoms with E-state index in [-0.39, 0.29) is 16.0 Å². The monoisotopic (exact) mass is 316 g/mol. The van der Waals surface area contributed by atoms with Gasteiger partial charge in [-0.1, -0.05) is 0 Å². The number of hydrogen-bond acceptors (Lipinski definition) is 5. The summed E-state index contributed by atoms with van der Waals surface area (Å²) in [4.78, 5) is 25.2. The summed E-state index contributed by atoms with van der Waals surface area (Å²) in [5.74, 6) is 0.589. The van der Waals surface area contributed by atoms with E-state index in [1.807, 2.05) is 12.3 Å². The Balaban J connectivity index is 2.49. The predicted molar refractivity (Wildman–Crippen MR) is 87.2 cm³/mol. The Labute approximate surface area is 125 Å². The van der Waals surface area contributed by atoms with E-state index in [1.165, 1.54) is 20.5 Å². The predicted octanol–water partition coefficient (Wildman–Crippen LogP) is 1.77. The van der Waals surface area contributed by atoms with Crippen LogP contribution < -0.4 is 11.2 Å². The molecule has 1 atom stereocenters. The minimum absolute atomic E-state index is 0.220. The summed E-state index contributed by atoms with van der Waals surface area (Å²) < 4.78 is 2.52. The van der Waals surface area contributed by atoms with Gasteiger partial charge in [0.2, 0.25) is 0 Å². The number of aryl methyl sites for hydroxylation is 1. The molecule has 2 aromatic rings. The van der Waals surface area contributed by atoms with E-state index in [2.05, 4.69) is 25.3 Å². The number of nitrogens with zero attached hydrogens (tertiary/aromatic N) is 2. The molecule has 0 aliphatic carbocycles. The Hall–Kier alpha value is -0.660. The molecule has 0 aliphatic heterocycles. The first kappa shape index (κ1) is 14.7. The number of thiol groups is 2. The maximum Gasteiger partial charge on any atom is 0.331 e. The van der Waals surface area contributed by atoms with Crippen LogP contribution in [0.3, 0.4) is 0 Å². The summed E-state index contributed by atoms with van der Waals surface area (Å²) in [5, 5.41) is 2.42. The van der Waals surface area contributed by atoms with Crippen molar-refractivity contribution in [1.29, 1.82) is 0 Å². The van der Waals surface area contributed by atoms with Gasteiger partial charge in [-0.25, -0.2) is 4.79 Å². The fraction of sp³-hybridized carbons (Fsp3) is 0.500. The lowest BCUT2D eigenvalue weighted by Gasteiger charge is -2.21. The second kappa shape index (κ2) is 5.38. The Kier molecular flexibility index (Phi) is 4.17. The van der Waals surface area contributed by atoms with Crippen LogP contribution in [0.25, 0.3) is 10.2 Å². The van der Waals surface area contributed by atoms with E-state index in [0.29, 0.717) is 28.9 Å². The van der Waals surface area contributed by atoms with Crippen molar-refractivity contribution in [1.82, 2.24) is 9.13 Å². The lowest BCUT2D eigenvalue weighted by Crippen LogP contribution is -2.40. The smallest absolute Gasteiger partial charge is 0.287 e. The van der Waals surface area contributed by atoms with E-state index < -0.39 is 0 Å². The second-order valence-electron chi connectivity index (χ2n) is 4.84. The molecule has 7 heteroatoms. The Morgan fingerprint density at radius 3 is 2.74 bits per heavy atom. The summed E-state index contributed by atoms with van der Waals surface area (Å²) in [5.41, 5.74) is -0.495. The van der Waals surface area contributed by atoms with Crippen LogP contribution >= 0.6 is 36.6 Å². The van der Waals surface area contributed by atoms with Crippen molar-refractivity contribution in [2.75, 3.05) is 5.75 Å². The maximum atomic E-state index is 12.3. The lowest BCUT2D eigenvalue weighted by atomic mass is 10.1. The summed E-state index contributed by atoms with van der Waals surface area (Å²) in [6, 6.07) is 1.76. The molecule has 0 N–H and O–H groups in total. The molecule has 2 rings (SSSR count). The zero-order chi connectivity index (χ0) is 14.2. The van der Waals surface area contributed by atoms with Gasteiger partial charge in [0.15, 0.2) is 0 Å². The van der Waals surface area contributed by atoms with Gasteiger partial charge in [0.25, 0.3) is 5.56 Å². The molecule has 0 saturated carbocycles. The zero-order valence-electron chi connectivity index (χ0n) is 10.8. The number of rotatable bonds is 4. The molecule has 19 heavy (non-hydrogen) atoms. The summed E-state index contributed by atoms with van der Waals surface area (Å²) in [7, 11) is 1.69. The molecule has 2 aromatic heterocycles. The van der Waals surface area contributed by atoms with Crippen LogP contribution in [0.1, 0.15) is 13.3 Å². The quantitative estimate of drug-likeness (QED) is 0.845. The third-order valence-corrected chi connectivity index (χ3v) is 5.48. The van der Waals surface area contributed by atoms with Crippen molar-refractivity contribution in [3.8, 4) is 0 Å². The second-order valence-corrected chi connectivity index (χ2v) is 7.13. The minimum atomic E-state index is -0.294. The highest BCUT2D eigenvalue weighted by atomic mass is 32.1. The standard InChI is InChI=1S/C12H16N2O2S3/c1-12(18,7-17)4-5-14-9(15)8-3-6-19-10(8)13(2)11(14)16/h3,6,17-18H,4-5,7H2,1-2H3/t12-/m1/s1. The summed E-state index contributed by atoms with van der Waals surface area (Å²) in [6.45, 7) is 2.31. The van der Waals surface area contributed by atoms with Gasteiger partial charge in [-0.2, -0.15) is 25.3 Å². The van der Waals surface area contributed by atoms with Gasteiger partial charge in [0, 0.05) is 24.1 Å². The lowest BCUT2D eigenvalue weighted by molar-refractivity contribution is 0.524. The van der Waals surface area contributed by atoms with E-state index in [9.17, 15) is 9.59 Å². The average Bonchev–Trinajstić information content (AvgIpc) is 2.85. The van der Waals surface area contributed by atoms with Gasteiger partial charge in [0.1, 0.15) is 4.83 Å². The van der Waals surface area contributed by atoms with Crippen molar-refractivity contribution >= 4 is 46.8 Å². The van der Waals surface area contributed by atoms with Crippen LogP contribution in [0.15, 0.2) is 21.0 Å². The highest BCUT2D eigenvalue weighted by Crippen LogP contribution is 2.20. The first-order valence-electron chi connectivity index (χ1n) is 5.87. The molecule has 0 radical (unpaired) electrons. The third kappa shape index (κ3) is 2.78. The zero-order valence-corrected chi connectivity index (χ0v) is 13.4. The Morgan fingerprint density at radius 2 is 2.11 bits per heavy atom. The largest absolute Gasteiger partial charge is 0.331 e. The van der Waals surface area contributed by atoms with Crippen molar-refractivity contribution < 1.29 is 0 Å². The van der Waals surface area contributed by atoms with E-state index >= 15 is 0 Å². The normalized spacial score (nSPS) is 14.7. The molecule has 4 nitrogen and oxygen atoms in total. The van der Waals surface area contributed by atoms with Crippen molar-refractivity contribution in [3.05, 3.63) is 32.3 Å².